The smallest absolute Gasteiger partial charge is 0.0617 e. The summed E-state index contributed by atoms with van der Waals surface area (Å²) in [5.41, 5.74) is 14.7. The Kier molecular flexibility index (Phi) is 8.33. The Labute approximate surface area is 339 Å². The third-order valence-corrected chi connectivity index (χ3v) is 17.2. The number of hydrogen-bond acceptors (Lipinski definition) is 2. The van der Waals surface area contributed by atoms with Crippen molar-refractivity contribution < 1.29 is 4.42 Å². The molecule has 0 saturated heterocycles. The third kappa shape index (κ3) is 5.85. The summed E-state index contributed by atoms with van der Waals surface area (Å²) >= 11 is -1.82. The molecule has 0 unspecified atom stereocenters. The van der Waals surface area contributed by atoms with Gasteiger partial charge in [-0.3, -0.25) is 0 Å². The molecule has 3 heteroatoms. The molecule has 9 aromatic carbocycles. The summed E-state index contributed by atoms with van der Waals surface area (Å²) in [6.07, 6.45) is 0. The van der Waals surface area contributed by atoms with E-state index in [4.69, 9.17) is 4.42 Å². The van der Waals surface area contributed by atoms with Crippen LogP contribution in [0.2, 0.25) is 0 Å². The van der Waals surface area contributed by atoms with Crippen molar-refractivity contribution in [2.24, 2.45) is 0 Å². The Morgan fingerprint density at radius 3 is 1.56 bits per heavy atom. The number of halogens is 1. The minimum atomic E-state index is -1.82. The Morgan fingerprint density at radius 2 is 0.895 bits per heavy atom. The van der Waals surface area contributed by atoms with Crippen LogP contribution < -0.4 is 4.90 Å². The second-order valence-electron chi connectivity index (χ2n) is 14.3. The van der Waals surface area contributed by atoms with E-state index in [2.05, 4.69) is 223 Å². The fourth-order valence-corrected chi connectivity index (χ4v) is 14.6. The van der Waals surface area contributed by atoms with Crippen LogP contribution in [0.15, 0.2) is 223 Å². The van der Waals surface area contributed by atoms with E-state index in [0.29, 0.717) is 0 Å². The molecule has 0 saturated carbocycles. The van der Waals surface area contributed by atoms with E-state index >= 15 is 0 Å². The number of anilines is 3. The average Bonchev–Trinajstić information content (AvgIpc) is 3.84. The normalized spacial score (nSPS) is 12.5. The van der Waals surface area contributed by atoms with E-state index in [-0.39, 0.29) is 0 Å². The van der Waals surface area contributed by atoms with Crippen LogP contribution in [0.4, 0.5) is 17.1 Å². The summed E-state index contributed by atoms with van der Waals surface area (Å²) in [6, 6.07) is 79.3. The van der Waals surface area contributed by atoms with Crippen LogP contribution in [0.25, 0.3) is 66.4 Å². The number of para-hydroxylation sites is 1. The summed E-state index contributed by atoms with van der Waals surface area (Å²) in [5, 5.41) is 2.20. The fraction of sp³-hybridized carbons (Fsp3) is 0. The molecule has 1 aliphatic rings. The first-order valence-corrected chi connectivity index (χ1v) is 22.6. The molecule has 270 valence electrons. The van der Waals surface area contributed by atoms with E-state index in [1.807, 2.05) is 0 Å². The summed E-state index contributed by atoms with van der Waals surface area (Å²) in [5.74, 6) is 0. The minimum absolute atomic E-state index is 0.879. The second-order valence-corrected chi connectivity index (χ2v) is 19.5. The van der Waals surface area contributed by atoms with Gasteiger partial charge >= 0.3 is 259 Å². The number of nitrogens with zero attached hydrogens (tertiary/aromatic N) is 1. The number of rotatable bonds is 7. The second kappa shape index (κ2) is 14.1. The molecule has 0 spiro atoms. The van der Waals surface area contributed by atoms with E-state index in [1.165, 1.54) is 44.1 Å². The zero-order valence-electron chi connectivity index (χ0n) is 31.0. The third-order valence-electron chi connectivity index (χ3n) is 11.0. The van der Waals surface area contributed by atoms with Crippen molar-refractivity contribution in [3.63, 3.8) is 0 Å². The molecule has 0 bridgehead atoms. The van der Waals surface area contributed by atoms with Crippen molar-refractivity contribution in [1.82, 2.24) is 0 Å². The van der Waals surface area contributed by atoms with Gasteiger partial charge in [0.05, 0.1) is 0 Å². The van der Waals surface area contributed by atoms with Crippen molar-refractivity contribution >= 4 is 58.8 Å². The molecule has 0 fully saturated rings. The summed E-state index contributed by atoms with van der Waals surface area (Å²) < 4.78 is 11.4. The zero-order valence-corrected chi connectivity index (χ0v) is 33.2. The number of furan rings is 1. The van der Waals surface area contributed by atoms with Crippen molar-refractivity contribution in [2.75, 3.05) is 4.90 Å². The Balaban J connectivity index is 1.09. The van der Waals surface area contributed by atoms with Gasteiger partial charge in [0.15, 0.2) is 0 Å². The Bertz CT molecular complexity index is 2960. The van der Waals surface area contributed by atoms with E-state index in [9.17, 15) is 0 Å². The van der Waals surface area contributed by atoms with E-state index in [1.54, 1.807) is 0 Å². The topological polar surface area (TPSA) is 16.4 Å². The van der Waals surface area contributed by atoms with Gasteiger partial charge in [-0.25, -0.2) is 0 Å². The Hall–Kier alpha value is -6.69. The van der Waals surface area contributed by atoms with Crippen LogP contribution in [0.5, 0.6) is 0 Å². The summed E-state index contributed by atoms with van der Waals surface area (Å²) in [7, 11) is 0. The maximum atomic E-state index is 6.92. The average molecular weight is 842 g/mol. The molecule has 0 aliphatic carbocycles. The standard InChI is InChI=1S/C54H36INO/c1-4-14-37(15-5-1)39-24-29-43(30-25-39)56(44-31-26-40(27-32-44)38-16-6-2-7-17-38)51-35-33-45(54-53(51)47-21-11-13-23-52(47)57-54)41-28-34-50-48(36-41)46-20-10-12-22-49(46)55(50)42-18-8-3-9-19-42/h1-36H. The molecule has 57 heavy (non-hydrogen) atoms. The van der Waals surface area contributed by atoms with Gasteiger partial charge < -0.3 is 0 Å². The minimum Gasteiger partial charge on any atom is -0.0617 e. The van der Waals surface area contributed by atoms with Crippen LogP contribution in [-0.4, -0.2) is 0 Å². The van der Waals surface area contributed by atoms with Gasteiger partial charge in [-0.2, -0.15) is 0 Å². The maximum absolute atomic E-state index is 6.92. The molecular weight excluding hydrogens is 806 g/mol. The molecule has 10 aromatic rings. The van der Waals surface area contributed by atoms with Crippen LogP contribution >= 0.6 is 19.8 Å². The predicted molar refractivity (Wildman–Crippen MR) is 247 cm³/mol. The molecule has 0 radical (unpaired) electrons. The van der Waals surface area contributed by atoms with Gasteiger partial charge in [0.25, 0.3) is 0 Å². The number of hydrogen-bond donors (Lipinski definition) is 0. The van der Waals surface area contributed by atoms with Gasteiger partial charge in [-0.05, 0) is 22.3 Å². The summed E-state index contributed by atoms with van der Waals surface area (Å²) in [4.78, 5) is 2.38. The molecule has 1 aliphatic heterocycles. The molecule has 0 N–H and O–H groups in total. The quantitative estimate of drug-likeness (QED) is 0.149. The molecule has 2 heterocycles. The molecule has 2 nitrogen and oxygen atoms in total. The Morgan fingerprint density at radius 1 is 0.368 bits per heavy atom. The van der Waals surface area contributed by atoms with Gasteiger partial charge in [0.2, 0.25) is 0 Å². The van der Waals surface area contributed by atoms with Gasteiger partial charge in [-0.1, -0.05) is 60.7 Å². The summed E-state index contributed by atoms with van der Waals surface area (Å²) in [6.45, 7) is 0. The van der Waals surface area contributed by atoms with Crippen molar-refractivity contribution in [3.05, 3.63) is 229 Å². The van der Waals surface area contributed by atoms with E-state index < -0.39 is 19.8 Å². The number of fused-ring (bicyclic) bond motifs is 6. The van der Waals surface area contributed by atoms with Crippen molar-refractivity contribution in [1.29, 1.82) is 0 Å². The first-order chi connectivity index (χ1) is 28.3. The fourth-order valence-electron chi connectivity index (χ4n) is 8.31. The van der Waals surface area contributed by atoms with E-state index in [0.717, 1.165) is 50.1 Å². The van der Waals surface area contributed by atoms with Crippen LogP contribution in [0, 0.1) is 10.7 Å². The van der Waals surface area contributed by atoms with Crippen LogP contribution in [0.1, 0.15) is 0 Å². The first kappa shape index (κ1) is 33.6. The number of benzene rings is 9. The van der Waals surface area contributed by atoms with Crippen LogP contribution in [-0.2, 0) is 0 Å². The van der Waals surface area contributed by atoms with Crippen LogP contribution in [0.3, 0.4) is 0 Å². The van der Waals surface area contributed by atoms with Crippen molar-refractivity contribution in [3.8, 4) is 44.5 Å². The van der Waals surface area contributed by atoms with Gasteiger partial charge in [0, 0.05) is 0 Å². The SMILES string of the molecule is c1ccc(-c2ccc(N(c3ccc(-c4ccccc4)cc3)c3ccc(-c4ccc5c(c4)-c4ccccc4I5c4ccccc4)c4oc5ccccc5c34)cc2)cc1. The van der Waals surface area contributed by atoms with Gasteiger partial charge in [0.1, 0.15) is 0 Å². The van der Waals surface area contributed by atoms with Crippen molar-refractivity contribution in [2.45, 2.75) is 0 Å². The molecule has 0 amide bonds. The first-order valence-electron chi connectivity index (χ1n) is 19.3. The molecule has 11 rings (SSSR count). The molecule has 1 aromatic heterocycles. The van der Waals surface area contributed by atoms with Gasteiger partial charge in [-0.15, -0.1) is 0 Å². The predicted octanol–water partition coefficient (Wildman–Crippen LogP) is 15.5. The monoisotopic (exact) mass is 841 g/mol. The molecular formula is C54H36INO. The molecule has 0 atom stereocenters. The zero-order chi connectivity index (χ0) is 37.7.